The van der Waals surface area contributed by atoms with Gasteiger partial charge in [0.2, 0.25) is 0 Å². The van der Waals surface area contributed by atoms with E-state index in [-0.39, 0.29) is 5.91 Å². The van der Waals surface area contributed by atoms with Crippen molar-refractivity contribution >= 4 is 5.91 Å². The summed E-state index contributed by atoms with van der Waals surface area (Å²) in [5.41, 5.74) is -0.201. The van der Waals surface area contributed by atoms with Gasteiger partial charge in [-0.1, -0.05) is 19.8 Å². The predicted octanol–water partition coefficient (Wildman–Crippen LogP) is 2.26. The van der Waals surface area contributed by atoms with Gasteiger partial charge in [-0.2, -0.15) is 0 Å². The number of furan rings is 1. The third-order valence-corrected chi connectivity index (χ3v) is 3.75. The monoisotopic (exact) mass is 251 g/mol. The number of hydrogen-bond acceptors (Lipinski definition) is 3. The van der Waals surface area contributed by atoms with Crippen LogP contribution in [0.2, 0.25) is 0 Å². The number of nitrogens with one attached hydrogen (secondary N) is 1. The molecule has 0 bridgehead atoms. The first-order valence-electron chi connectivity index (χ1n) is 6.55. The third kappa shape index (κ3) is 2.93. The van der Waals surface area contributed by atoms with E-state index in [9.17, 15) is 9.90 Å². The van der Waals surface area contributed by atoms with Crippen LogP contribution in [0, 0.1) is 12.8 Å². The van der Waals surface area contributed by atoms with Crippen molar-refractivity contribution in [2.24, 2.45) is 5.92 Å². The normalized spacial score (nSPS) is 28.1. The molecule has 100 valence electrons. The number of aliphatic hydroxyl groups is 1. The maximum Gasteiger partial charge on any atom is 0.254 e. The van der Waals surface area contributed by atoms with E-state index >= 15 is 0 Å². The summed E-state index contributed by atoms with van der Waals surface area (Å²) < 4.78 is 5.10. The average Bonchev–Trinajstić information content (AvgIpc) is 2.72. The van der Waals surface area contributed by atoms with Crippen LogP contribution in [0.5, 0.6) is 0 Å². The molecule has 1 aliphatic rings. The lowest BCUT2D eigenvalue weighted by molar-refractivity contribution is -0.0109. The molecule has 1 aromatic rings. The number of carbonyl (C=O) groups excluding carboxylic acids is 1. The highest BCUT2D eigenvalue weighted by atomic mass is 16.3. The second-order valence-corrected chi connectivity index (χ2v) is 5.50. The summed E-state index contributed by atoms with van der Waals surface area (Å²) in [4.78, 5) is 11.9. The zero-order valence-electron chi connectivity index (χ0n) is 11.0. The molecule has 0 saturated heterocycles. The standard InChI is InChI=1S/C14H21NO3/c1-10-4-3-6-14(17,8-10)9-15-13(16)12-5-7-18-11(12)2/h5,7,10,17H,3-4,6,8-9H2,1-2H3,(H,15,16). The molecule has 2 rings (SSSR count). The first-order valence-corrected chi connectivity index (χ1v) is 6.55. The molecule has 0 spiro atoms. The molecule has 1 aromatic heterocycles. The molecule has 4 nitrogen and oxygen atoms in total. The molecule has 0 aliphatic heterocycles. The smallest absolute Gasteiger partial charge is 0.254 e. The minimum absolute atomic E-state index is 0.173. The summed E-state index contributed by atoms with van der Waals surface area (Å²) in [6, 6.07) is 1.65. The fourth-order valence-corrected chi connectivity index (χ4v) is 2.75. The van der Waals surface area contributed by atoms with Crippen LogP contribution in [-0.4, -0.2) is 23.2 Å². The number of rotatable bonds is 3. The zero-order valence-corrected chi connectivity index (χ0v) is 11.0. The van der Waals surface area contributed by atoms with Gasteiger partial charge >= 0.3 is 0 Å². The molecule has 2 unspecified atom stereocenters. The Bertz CT molecular complexity index is 426. The maximum absolute atomic E-state index is 11.9. The second-order valence-electron chi connectivity index (χ2n) is 5.50. The second kappa shape index (κ2) is 5.14. The molecule has 0 aromatic carbocycles. The van der Waals surface area contributed by atoms with Crippen LogP contribution in [0.1, 0.15) is 48.7 Å². The van der Waals surface area contributed by atoms with Crippen LogP contribution in [0.25, 0.3) is 0 Å². The van der Waals surface area contributed by atoms with E-state index in [1.807, 2.05) is 0 Å². The van der Waals surface area contributed by atoms with Crippen LogP contribution in [0.4, 0.5) is 0 Å². The van der Waals surface area contributed by atoms with Gasteiger partial charge in [0.05, 0.1) is 17.4 Å². The van der Waals surface area contributed by atoms with Gasteiger partial charge in [0.1, 0.15) is 5.76 Å². The molecular formula is C14H21NO3. The Kier molecular flexibility index (Phi) is 3.76. The van der Waals surface area contributed by atoms with Crippen molar-refractivity contribution in [2.45, 2.75) is 45.1 Å². The van der Waals surface area contributed by atoms with Gasteiger partial charge in [-0.25, -0.2) is 0 Å². The largest absolute Gasteiger partial charge is 0.469 e. The van der Waals surface area contributed by atoms with Crippen molar-refractivity contribution in [3.63, 3.8) is 0 Å². The topological polar surface area (TPSA) is 62.5 Å². The number of amides is 1. The van der Waals surface area contributed by atoms with Gasteiger partial charge in [0.25, 0.3) is 5.91 Å². The van der Waals surface area contributed by atoms with Crippen LogP contribution < -0.4 is 5.32 Å². The number of hydrogen-bond donors (Lipinski definition) is 2. The SMILES string of the molecule is Cc1occc1C(=O)NCC1(O)CCCC(C)C1. The Labute approximate surface area is 107 Å². The van der Waals surface area contributed by atoms with E-state index < -0.39 is 5.60 Å². The Morgan fingerprint density at radius 2 is 2.44 bits per heavy atom. The van der Waals surface area contributed by atoms with E-state index in [2.05, 4.69) is 12.2 Å². The van der Waals surface area contributed by atoms with E-state index in [0.29, 0.717) is 23.8 Å². The molecule has 2 N–H and O–H groups in total. The minimum Gasteiger partial charge on any atom is -0.469 e. The van der Waals surface area contributed by atoms with Crippen molar-refractivity contribution in [3.05, 3.63) is 23.7 Å². The molecule has 1 heterocycles. The van der Waals surface area contributed by atoms with E-state index in [4.69, 9.17) is 4.42 Å². The summed E-state index contributed by atoms with van der Waals surface area (Å²) in [5.74, 6) is 0.959. The van der Waals surface area contributed by atoms with Crippen LogP contribution in [0.3, 0.4) is 0 Å². The molecule has 1 aliphatic carbocycles. The fourth-order valence-electron chi connectivity index (χ4n) is 2.75. The molecule has 4 heteroatoms. The van der Waals surface area contributed by atoms with Crippen molar-refractivity contribution < 1.29 is 14.3 Å². The highest BCUT2D eigenvalue weighted by molar-refractivity contribution is 5.95. The maximum atomic E-state index is 11.9. The molecule has 1 saturated carbocycles. The summed E-state index contributed by atoms with van der Waals surface area (Å²) in [7, 11) is 0. The van der Waals surface area contributed by atoms with Gasteiger partial charge in [-0.05, 0) is 31.7 Å². The lowest BCUT2D eigenvalue weighted by Crippen LogP contribution is -2.45. The molecule has 0 radical (unpaired) electrons. The summed E-state index contributed by atoms with van der Waals surface area (Å²) in [6.07, 6.45) is 5.22. The quantitative estimate of drug-likeness (QED) is 0.866. The number of carbonyl (C=O) groups is 1. The molecule has 18 heavy (non-hydrogen) atoms. The molecule has 2 atom stereocenters. The zero-order chi connectivity index (χ0) is 13.2. The van der Waals surface area contributed by atoms with E-state index in [0.717, 1.165) is 25.7 Å². The summed E-state index contributed by atoms with van der Waals surface area (Å²) in [6.45, 7) is 4.22. The van der Waals surface area contributed by atoms with Gasteiger partial charge in [-0.15, -0.1) is 0 Å². The first-order chi connectivity index (χ1) is 8.50. The van der Waals surface area contributed by atoms with Gasteiger partial charge < -0.3 is 14.8 Å². The first kappa shape index (κ1) is 13.1. The van der Waals surface area contributed by atoms with Crippen molar-refractivity contribution in [1.82, 2.24) is 5.32 Å². The van der Waals surface area contributed by atoms with Gasteiger partial charge in [0, 0.05) is 6.54 Å². The fraction of sp³-hybridized carbons (Fsp3) is 0.643. The number of aryl methyl sites for hydroxylation is 1. The Balaban J connectivity index is 1.91. The van der Waals surface area contributed by atoms with Crippen molar-refractivity contribution in [3.8, 4) is 0 Å². The average molecular weight is 251 g/mol. The summed E-state index contributed by atoms with van der Waals surface area (Å²) in [5, 5.41) is 13.2. The van der Waals surface area contributed by atoms with Crippen LogP contribution in [-0.2, 0) is 0 Å². The van der Waals surface area contributed by atoms with Crippen molar-refractivity contribution in [1.29, 1.82) is 0 Å². The summed E-state index contributed by atoms with van der Waals surface area (Å²) >= 11 is 0. The van der Waals surface area contributed by atoms with Crippen LogP contribution >= 0.6 is 0 Å². The molecular weight excluding hydrogens is 230 g/mol. The minimum atomic E-state index is -0.745. The predicted molar refractivity (Wildman–Crippen MR) is 68.4 cm³/mol. The van der Waals surface area contributed by atoms with E-state index in [1.54, 1.807) is 13.0 Å². The van der Waals surface area contributed by atoms with Crippen molar-refractivity contribution in [2.75, 3.05) is 6.54 Å². The van der Waals surface area contributed by atoms with E-state index in [1.165, 1.54) is 6.26 Å². The van der Waals surface area contributed by atoms with Crippen LogP contribution in [0.15, 0.2) is 16.7 Å². The Hall–Kier alpha value is -1.29. The Morgan fingerprint density at radius 1 is 1.67 bits per heavy atom. The lowest BCUT2D eigenvalue weighted by atomic mass is 9.79. The molecule has 1 amide bonds. The molecule has 1 fully saturated rings. The third-order valence-electron chi connectivity index (χ3n) is 3.75. The highest BCUT2D eigenvalue weighted by Gasteiger charge is 2.33. The lowest BCUT2D eigenvalue weighted by Gasteiger charge is -2.35. The van der Waals surface area contributed by atoms with Gasteiger partial charge in [0.15, 0.2) is 0 Å². The highest BCUT2D eigenvalue weighted by Crippen LogP contribution is 2.31. The Morgan fingerprint density at radius 3 is 3.06 bits per heavy atom. The van der Waals surface area contributed by atoms with Gasteiger partial charge in [-0.3, -0.25) is 4.79 Å².